The van der Waals surface area contributed by atoms with Gasteiger partial charge in [0.2, 0.25) is 0 Å². The third kappa shape index (κ3) is 3.38. The van der Waals surface area contributed by atoms with Gasteiger partial charge in [0.15, 0.2) is 5.69 Å². The van der Waals surface area contributed by atoms with Crippen molar-refractivity contribution in [2.45, 2.75) is 25.5 Å². The van der Waals surface area contributed by atoms with Crippen LogP contribution in [0.4, 0.5) is 0 Å². The first-order valence-corrected chi connectivity index (χ1v) is 8.23. The molecule has 134 valence electrons. The topological polar surface area (TPSA) is 76.8 Å². The summed E-state index contributed by atoms with van der Waals surface area (Å²) in [5.41, 5.74) is 2.08. The van der Waals surface area contributed by atoms with Crippen LogP contribution in [0.2, 0.25) is 0 Å². The normalized spacial score (nSPS) is 20.1. The molecular weight excluding hydrogens is 322 g/mol. The highest BCUT2D eigenvalue weighted by molar-refractivity contribution is 5.93. The molecular formula is C18H23N3O4. The molecule has 1 amide bonds. The predicted octanol–water partition coefficient (Wildman–Crippen LogP) is 1.41. The van der Waals surface area contributed by atoms with Gasteiger partial charge in [-0.1, -0.05) is 0 Å². The van der Waals surface area contributed by atoms with Gasteiger partial charge in [-0.3, -0.25) is 4.79 Å². The molecule has 1 saturated heterocycles. The summed E-state index contributed by atoms with van der Waals surface area (Å²) in [5.74, 6) is 0.576. The summed E-state index contributed by atoms with van der Waals surface area (Å²) in [6.45, 7) is 2.29. The van der Waals surface area contributed by atoms with Gasteiger partial charge in [-0.25, -0.2) is 4.68 Å². The molecule has 1 aromatic carbocycles. The summed E-state index contributed by atoms with van der Waals surface area (Å²) >= 11 is 0. The number of hydrogen-bond donors (Lipinski definition) is 1. The van der Waals surface area contributed by atoms with E-state index in [2.05, 4.69) is 5.10 Å². The molecule has 1 fully saturated rings. The number of likely N-dealkylation sites (tertiary alicyclic amines) is 1. The highest BCUT2D eigenvalue weighted by Gasteiger charge is 2.36. The van der Waals surface area contributed by atoms with Crippen molar-refractivity contribution in [3.8, 4) is 11.4 Å². The lowest BCUT2D eigenvalue weighted by Crippen LogP contribution is -2.38. The van der Waals surface area contributed by atoms with E-state index in [0.717, 1.165) is 17.1 Å². The number of aryl methyl sites for hydroxylation is 1. The van der Waals surface area contributed by atoms with E-state index in [1.807, 2.05) is 31.2 Å². The zero-order valence-electron chi connectivity index (χ0n) is 14.7. The van der Waals surface area contributed by atoms with Crippen molar-refractivity contribution in [2.24, 2.45) is 0 Å². The summed E-state index contributed by atoms with van der Waals surface area (Å²) in [5, 5.41) is 14.0. The Kier molecular flexibility index (Phi) is 5.06. The van der Waals surface area contributed by atoms with Gasteiger partial charge >= 0.3 is 0 Å². The summed E-state index contributed by atoms with van der Waals surface area (Å²) in [6.07, 6.45) is 0.586. The number of amides is 1. The van der Waals surface area contributed by atoms with Gasteiger partial charge in [0.25, 0.3) is 5.91 Å². The lowest BCUT2D eigenvalue weighted by molar-refractivity contribution is 0.0641. The Morgan fingerprint density at radius 1 is 1.32 bits per heavy atom. The third-order valence-corrected chi connectivity index (χ3v) is 4.60. The highest BCUT2D eigenvalue weighted by atomic mass is 16.5. The van der Waals surface area contributed by atoms with Gasteiger partial charge in [0.1, 0.15) is 5.75 Å². The number of hydrogen-bond acceptors (Lipinski definition) is 5. The molecule has 0 spiro atoms. The molecule has 2 atom stereocenters. The second kappa shape index (κ2) is 7.25. The molecule has 3 rings (SSSR count). The van der Waals surface area contributed by atoms with Gasteiger partial charge < -0.3 is 19.5 Å². The molecule has 1 aromatic heterocycles. The smallest absolute Gasteiger partial charge is 0.274 e. The highest BCUT2D eigenvalue weighted by Crippen LogP contribution is 2.23. The molecule has 2 aromatic rings. The first-order chi connectivity index (χ1) is 12.1. The first kappa shape index (κ1) is 17.4. The van der Waals surface area contributed by atoms with E-state index in [1.165, 1.54) is 0 Å². The number of carbonyl (C=O) groups excluding carboxylic acids is 1. The van der Waals surface area contributed by atoms with Gasteiger partial charge in [0.05, 0.1) is 31.5 Å². The molecule has 1 aliphatic heterocycles. The maximum atomic E-state index is 12.8. The molecule has 7 nitrogen and oxygen atoms in total. The quantitative estimate of drug-likeness (QED) is 0.887. The molecule has 0 saturated carbocycles. The average Bonchev–Trinajstić information content (AvgIpc) is 3.24. The number of aliphatic hydroxyl groups excluding tert-OH is 1. The number of aromatic nitrogens is 2. The molecule has 1 aliphatic rings. The fraction of sp³-hybridized carbons (Fsp3) is 0.444. The summed E-state index contributed by atoms with van der Waals surface area (Å²) in [4.78, 5) is 14.5. The minimum Gasteiger partial charge on any atom is -0.497 e. The standard InChI is InChI=1S/C18H23N3O4/c1-12-8-17(18(23)20-10-16(25-3)9-14(20)11-22)19-21(12)13-4-6-15(24-2)7-5-13/h4-8,14,16,22H,9-11H2,1-3H3/t14-,16+/m0/s1. The molecule has 0 unspecified atom stereocenters. The van der Waals surface area contributed by atoms with E-state index in [1.54, 1.807) is 29.9 Å². The number of rotatable bonds is 5. The minimum absolute atomic E-state index is 0.0501. The van der Waals surface area contributed by atoms with Crippen LogP contribution in [0, 0.1) is 6.92 Å². The first-order valence-electron chi connectivity index (χ1n) is 8.23. The number of nitrogens with zero attached hydrogens (tertiary/aromatic N) is 3. The van der Waals surface area contributed by atoms with Crippen molar-refractivity contribution in [3.05, 3.63) is 41.7 Å². The van der Waals surface area contributed by atoms with Crippen LogP contribution in [0.5, 0.6) is 5.75 Å². The molecule has 0 radical (unpaired) electrons. The molecule has 25 heavy (non-hydrogen) atoms. The van der Waals surface area contributed by atoms with Gasteiger partial charge in [-0.15, -0.1) is 0 Å². The molecule has 0 bridgehead atoms. The van der Waals surface area contributed by atoms with Crippen molar-refractivity contribution in [1.82, 2.24) is 14.7 Å². The van der Waals surface area contributed by atoms with Crippen molar-refractivity contribution in [1.29, 1.82) is 0 Å². The zero-order valence-corrected chi connectivity index (χ0v) is 14.7. The Morgan fingerprint density at radius 3 is 2.64 bits per heavy atom. The van der Waals surface area contributed by atoms with E-state index in [9.17, 15) is 9.90 Å². The van der Waals surface area contributed by atoms with Crippen LogP contribution in [-0.4, -0.2) is 65.2 Å². The summed E-state index contributed by atoms with van der Waals surface area (Å²) in [7, 11) is 3.24. The number of benzene rings is 1. The molecule has 2 heterocycles. The van der Waals surface area contributed by atoms with Crippen molar-refractivity contribution in [3.63, 3.8) is 0 Å². The fourth-order valence-electron chi connectivity index (χ4n) is 3.18. The SMILES string of the molecule is COc1ccc(-n2nc(C(=O)N3C[C@H](OC)C[C@H]3CO)cc2C)cc1. The molecule has 0 aliphatic carbocycles. The Bertz CT molecular complexity index is 741. The van der Waals surface area contributed by atoms with E-state index >= 15 is 0 Å². The Morgan fingerprint density at radius 2 is 2.04 bits per heavy atom. The second-order valence-electron chi connectivity index (χ2n) is 6.17. The number of methoxy groups -OCH3 is 2. The van der Waals surface area contributed by atoms with Crippen LogP contribution in [0.3, 0.4) is 0 Å². The lowest BCUT2D eigenvalue weighted by Gasteiger charge is -2.21. The van der Waals surface area contributed by atoms with Crippen LogP contribution < -0.4 is 4.74 Å². The van der Waals surface area contributed by atoms with Gasteiger partial charge in [-0.2, -0.15) is 5.10 Å². The second-order valence-corrected chi connectivity index (χ2v) is 6.17. The maximum Gasteiger partial charge on any atom is 0.274 e. The number of aliphatic hydroxyl groups is 1. The van der Waals surface area contributed by atoms with Crippen molar-refractivity contribution < 1.29 is 19.4 Å². The molecule has 1 N–H and O–H groups in total. The largest absolute Gasteiger partial charge is 0.497 e. The van der Waals surface area contributed by atoms with Crippen molar-refractivity contribution >= 4 is 5.91 Å². The Hall–Kier alpha value is -2.38. The summed E-state index contributed by atoms with van der Waals surface area (Å²) < 4.78 is 12.2. The van der Waals surface area contributed by atoms with Gasteiger partial charge in [0, 0.05) is 19.3 Å². The van der Waals surface area contributed by atoms with Crippen molar-refractivity contribution in [2.75, 3.05) is 27.4 Å². The van der Waals surface area contributed by atoms with Crippen LogP contribution >= 0.6 is 0 Å². The number of ether oxygens (including phenoxy) is 2. The Balaban J connectivity index is 1.85. The van der Waals surface area contributed by atoms with Crippen LogP contribution in [0.15, 0.2) is 30.3 Å². The lowest BCUT2D eigenvalue weighted by atomic mass is 10.2. The van der Waals surface area contributed by atoms with E-state index < -0.39 is 0 Å². The maximum absolute atomic E-state index is 12.8. The van der Waals surface area contributed by atoms with Crippen LogP contribution in [0.1, 0.15) is 22.6 Å². The van der Waals surface area contributed by atoms with E-state index in [4.69, 9.17) is 9.47 Å². The minimum atomic E-state index is -0.233. The number of carbonyl (C=O) groups is 1. The third-order valence-electron chi connectivity index (χ3n) is 4.60. The summed E-state index contributed by atoms with van der Waals surface area (Å²) in [6, 6.07) is 9.01. The zero-order chi connectivity index (χ0) is 18.0. The average molecular weight is 345 g/mol. The van der Waals surface area contributed by atoms with E-state index in [-0.39, 0.29) is 24.7 Å². The monoisotopic (exact) mass is 345 g/mol. The van der Waals surface area contributed by atoms with Crippen LogP contribution in [0.25, 0.3) is 5.69 Å². The van der Waals surface area contributed by atoms with Crippen LogP contribution in [-0.2, 0) is 4.74 Å². The fourth-order valence-corrected chi connectivity index (χ4v) is 3.18. The molecule has 7 heteroatoms. The Labute approximate surface area is 146 Å². The van der Waals surface area contributed by atoms with Gasteiger partial charge in [-0.05, 0) is 43.7 Å². The predicted molar refractivity (Wildman–Crippen MR) is 92.2 cm³/mol. The van der Waals surface area contributed by atoms with E-state index in [0.29, 0.717) is 18.7 Å².